The Morgan fingerprint density at radius 3 is 2.83 bits per heavy atom. The van der Waals surface area contributed by atoms with Crippen molar-refractivity contribution in [3.8, 4) is 11.3 Å². The van der Waals surface area contributed by atoms with E-state index in [0.717, 1.165) is 28.8 Å². The van der Waals surface area contributed by atoms with Crippen LogP contribution < -0.4 is 5.32 Å². The molecule has 2 aromatic heterocycles. The van der Waals surface area contributed by atoms with Gasteiger partial charge in [0.25, 0.3) is 0 Å². The number of carbonyl (C=O) groups is 1. The number of hydrogen-bond acceptors (Lipinski definition) is 6. The van der Waals surface area contributed by atoms with Gasteiger partial charge in [0.2, 0.25) is 5.91 Å². The molecule has 0 spiro atoms. The number of benzene rings is 1. The molecule has 0 aliphatic carbocycles. The lowest BCUT2D eigenvalue weighted by Crippen LogP contribution is -2.14. The van der Waals surface area contributed by atoms with Gasteiger partial charge in [0.15, 0.2) is 10.3 Å². The number of aromatic nitrogens is 4. The number of thioether (sulfide) groups is 1. The monoisotopic (exact) mass is 359 g/mol. The highest BCUT2D eigenvalue weighted by molar-refractivity contribution is 7.99. The van der Waals surface area contributed by atoms with Crippen molar-refractivity contribution < 1.29 is 4.79 Å². The summed E-state index contributed by atoms with van der Waals surface area (Å²) in [5, 5.41) is 14.3. The summed E-state index contributed by atoms with van der Waals surface area (Å²) in [6.07, 6.45) is 0. The normalized spacial score (nSPS) is 10.8. The van der Waals surface area contributed by atoms with Gasteiger partial charge >= 0.3 is 0 Å². The molecule has 0 fully saturated rings. The third-order valence-electron chi connectivity index (χ3n) is 3.37. The zero-order chi connectivity index (χ0) is 16.9. The van der Waals surface area contributed by atoms with E-state index in [1.165, 1.54) is 23.1 Å². The molecule has 0 bridgehead atoms. The molecule has 0 saturated carbocycles. The zero-order valence-electron chi connectivity index (χ0n) is 13.4. The Kier molecular flexibility index (Phi) is 5.27. The fourth-order valence-electron chi connectivity index (χ4n) is 2.19. The van der Waals surface area contributed by atoms with Crippen molar-refractivity contribution >= 4 is 34.1 Å². The van der Waals surface area contributed by atoms with Gasteiger partial charge in [-0.05, 0) is 13.8 Å². The number of nitrogens with zero attached hydrogens (tertiary/aromatic N) is 4. The van der Waals surface area contributed by atoms with Crippen LogP contribution in [0.5, 0.6) is 0 Å². The molecule has 0 radical (unpaired) electrons. The predicted molar refractivity (Wildman–Crippen MR) is 97.3 cm³/mol. The molecule has 1 amide bonds. The van der Waals surface area contributed by atoms with Gasteiger partial charge in [-0.25, -0.2) is 4.98 Å². The maximum Gasteiger partial charge on any atom is 0.236 e. The van der Waals surface area contributed by atoms with Crippen molar-refractivity contribution in [1.82, 2.24) is 19.7 Å². The molecule has 3 aromatic rings. The van der Waals surface area contributed by atoms with Gasteiger partial charge in [0.1, 0.15) is 5.82 Å². The van der Waals surface area contributed by atoms with Crippen molar-refractivity contribution in [2.24, 2.45) is 0 Å². The second kappa shape index (κ2) is 7.59. The number of rotatable bonds is 6. The van der Waals surface area contributed by atoms with Crippen LogP contribution in [0.4, 0.5) is 5.13 Å². The minimum atomic E-state index is -0.0998. The number of amides is 1. The van der Waals surface area contributed by atoms with Gasteiger partial charge in [0.05, 0.1) is 11.4 Å². The van der Waals surface area contributed by atoms with Crippen LogP contribution in [-0.4, -0.2) is 31.4 Å². The van der Waals surface area contributed by atoms with E-state index < -0.39 is 0 Å². The van der Waals surface area contributed by atoms with Crippen LogP contribution in [-0.2, 0) is 11.3 Å². The topological polar surface area (TPSA) is 72.7 Å². The molecule has 1 aromatic carbocycles. The van der Waals surface area contributed by atoms with Crippen molar-refractivity contribution in [2.75, 3.05) is 11.1 Å². The molecule has 0 atom stereocenters. The van der Waals surface area contributed by atoms with Crippen molar-refractivity contribution in [1.29, 1.82) is 0 Å². The van der Waals surface area contributed by atoms with E-state index in [0.29, 0.717) is 5.13 Å². The van der Waals surface area contributed by atoms with Crippen LogP contribution in [0.2, 0.25) is 0 Å². The highest BCUT2D eigenvalue weighted by atomic mass is 32.2. The molecule has 8 heteroatoms. The summed E-state index contributed by atoms with van der Waals surface area (Å²) < 4.78 is 1.98. The number of nitrogens with one attached hydrogen (secondary N) is 1. The average Bonchev–Trinajstić information content (AvgIpc) is 3.20. The van der Waals surface area contributed by atoms with E-state index in [1.807, 2.05) is 54.1 Å². The second-order valence-corrected chi connectivity index (χ2v) is 6.82. The van der Waals surface area contributed by atoms with Crippen molar-refractivity contribution in [3.05, 3.63) is 41.5 Å². The zero-order valence-corrected chi connectivity index (χ0v) is 15.0. The first-order valence-corrected chi connectivity index (χ1v) is 9.37. The third kappa shape index (κ3) is 3.82. The molecule has 0 unspecified atom stereocenters. The second-order valence-electron chi connectivity index (χ2n) is 5.01. The van der Waals surface area contributed by atoms with E-state index in [9.17, 15) is 4.79 Å². The van der Waals surface area contributed by atoms with E-state index in [4.69, 9.17) is 0 Å². The summed E-state index contributed by atoms with van der Waals surface area (Å²) in [6.45, 7) is 4.72. The highest BCUT2D eigenvalue weighted by Crippen LogP contribution is 2.25. The molecule has 0 saturated heterocycles. The minimum absolute atomic E-state index is 0.0998. The molecule has 0 aliphatic rings. The first kappa shape index (κ1) is 16.7. The Labute approximate surface area is 148 Å². The number of hydrogen-bond donors (Lipinski definition) is 1. The average molecular weight is 359 g/mol. The molecular weight excluding hydrogens is 342 g/mol. The van der Waals surface area contributed by atoms with Crippen LogP contribution in [0.3, 0.4) is 0 Å². The molecule has 2 heterocycles. The summed E-state index contributed by atoms with van der Waals surface area (Å²) in [5.74, 6) is 1.03. The Balaban J connectivity index is 1.58. The van der Waals surface area contributed by atoms with Gasteiger partial charge in [-0.15, -0.1) is 21.5 Å². The van der Waals surface area contributed by atoms with Gasteiger partial charge in [-0.1, -0.05) is 42.1 Å². The first-order chi connectivity index (χ1) is 11.7. The number of thiazole rings is 1. The maximum absolute atomic E-state index is 12.1. The number of carbonyl (C=O) groups excluding carboxylic acids is 1. The predicted octanol–water partition coefficient (Wildman–Crippen LogP) is 3.46. The Morgan fingerprint density at radius 2 is 2.08 bits per heavy atom. The van der Waals surface area contributed by atoms with Crippen molar-refractivity contribution in [2.45, 2.75) is 25.5 Å². The van der Waals surface area contributed by atoms with Gasteiger partial charge in [-0.3, -0.25) is 4.79 Å². The van der Waals surface area contributed by atoms with Crippen LogP contribution in [0.25, 0.3) is 11.3 Å². The third-order valence-corrected chi connectivity index (χ3v) is 5.09. The highest BCUT2D eigenvalue weighted by Gasteiger charge is 2.12. The Morgan fingerprint density at radius 1 is 1.29 bits per heavy atom. The lowest BCUT2D eigenvalue weighted by Gasteiger charge is -2.04. The molecule has 1 N–H and O–H groups in total. The van der Waals surface area contributed by atoms with Gasteiger partial charge in [0, 0.05) is 17.5 Å². The molecule has 124 valence electrons. The lowest BCUT2D eigenvalue weighted by atomic mass is 10.2. The Bertz CT molecular complexity index is 828. The smallest absolute Gasteiger partial charge is 0.236 e. The molecule has 6 nitrogen and oxygen atoms in total. The molecular formula is C16H17N5OS2. The summed E-state index contributed by atoms with van der Waals surface area (Å²) in [5.41, 5.74) is 1.90. The van der Waals surface area contributed by atoms with Gasteiger partial charge in [-0.2, -0.15) is 0 Å². The van der Waals surface area contributed by atoms with Crippen molar-refractivity contribution in [3.63, 3.8) is 0 Å². The van der Waals surface area contributed by atoms with E-state index >= 15 is 0 Å². The van der Waals surface area contributed by atoms with Crippen LogP contribution >= 0.6 is 23.1 Å². The van der Waals surface area contributed by atoms with Crippen LogP contribution in [0.1, 0.15) is 12.7 Å². The van der Waals surface area contributed by atoms with Crippen LogP contribution in [0, 0.1) is 6.92 Å². The summed E-state index contributed by atoms with van der Waals surface area (Å²) in [6, 6.07) is 9.89. The van der Waals surface area contributed by atoms with Crippen LogP contribution in [0.15, 0.2) is 40.9 Å². The standard InChI is InChI=1S/C16H17N5OS2/c1-3-21-11(2)19-20-16(21)24-10-14(22)18-15-17-13(9-23-15)12-7-5-4-6-8-12/h4-9H,3,10H2,1-2H3,(H,17,18,22). The fraction of sp³-hybridized carbons (Fsp3) is 0.250. The quantitative estimate of drug-likeness (QED) is 0.682. The first-order valence-electron chi connectivity index (χ1n) is 7.50. The summed E-state index contributed by atoms with van der Waals surface area (Å²) in [7, 11) is 0. The number of aryl methyl sites for hydroxylation is 1. The molecule has 3 rings (SSSR count). The summed E-state index contributed by atoms with van der Waals surface area (Å²) in [4.78, 5) is 16.6. The summed E-state index contributed by atoms with van der Waals surface area (Å²) >= 11 is 2.80. The largest absolute Gasteiger partial charge is 0.307 e. The number of anilines is 1. The SMILES string of the molecule is CCn1c(C)nnc1SCC(=O)Nc1nc(-c2ccccc2)cs1. The molecule has 24 heavy (non-hydrogen) atoms. The molecule has 0 aliphatic heterocycles. The van der Waals surface area contributed by atoms with E-state index in [-0.39, 0.29) is 11.7 Å². The maximum atomic E-state index is 12.1. The lowest BCUT2D eigenvalue weighted by molar-refractivity contribution is -0.113. The Hall–Kier alpha value is -2.19. The van der Waals surface area contributed by atoms with E-state index in [1.54, 1.807) is 0 Å². The fourth-order valence-corrected chi connectivity index (χ4v) is 3.77. The minimum Gasteiger partial charge on any atom is -0.307 e. The van der Waals surface area contributed by atoms with E-state index in [2.05, 4.69) is 20.5 Å². The van der Waals surface area contributed by atoms with Gasteiger partial charge < -0.3 is 9.88 Å².